The SMILES string of the molecule is CC(=O)O.CC=CCC. The van der Waals surface area contributed by atoms with Crippen molar-refractivity contribution in [2.75, 3.05) is 0 Å². The Balaban J connectivity index is 0. The van der Waals surface area contributed by atoms with Crippen LogP contribution in [0.5, 0.6) is 0 Å². The van der Waals surface area contributed by atoms with Gasteiger partial charge in [-0.3, -0.25) is 4.79 Å². The highest BCUT2D eigenvalue weighted by Crippen LogP contribution is 1.73. The number of rotatable bonds is 1. The van der Waals surface area contributed by atoms with Gasteiger partial charge in [0, 0.05) is 6.92 Å². The topological polar surface area (TPSA) is 37.3 Å². The Morgan fingerprint density at radius 1 is 1.67 bits per heavy atom. The van der Waals surface area contributed by atoms with E-state index >= 15 is 0 Å². The molecule has 0 aromatic rings. The lowest BCUT2D eigenvalue weighted by molar-refractivity contribution is -0.134. The van der Waals surface area contributed by atoms with Gasteiger partial charge in [0.15, 0.2) is 0 Å². The van der Waals surface area contributed by atoms with Gasteiger partial charge in [-0.05, 0) is 13.3 Å². The normalized spacial score (nSPS) is 8.33. The summed E-state index contributed by atoms with van der Waals surface area (Å²) in [6.45, 7) is 5.24. The van der Waals surface area contributed by atoms with Crippen LogP contribution in [0, 0.1) is 0 Å². The summed E-state index contributed by atoms with van der Waals surface area (Å²) in [7, 11) is 0. The Bertz CT molecular complexity index is 80.9. The van der Waals surface area contributed by atoms with Crippen molar-refractivity contribution >= 4 is 5.97 Å². The van der Waals surface area contributed by atoms with Gasteiger partial charge in [-0.15, -0.1) is 0 Å². The van der Waals surface area contributed by atoms with E-state index in [9.17, 15) is 0 Å². The molecule has 2 nitrogen and oxygen atoms in total. The van der Waals surface area contributed by atoms with Gasteiger partial charge in [0.05, 0.1) is 0 Å². The lowest BCUT2D eigenvalue weighted by atomic mass is 10.4. The number of aliphatic carboxylic acids is 1. The molecule has 0 aliphatic heterocycles. The van der Waals surface area contributed by atoms with Crippen molar-refractivity contribution in [3.8, 4) is 0 Å². The summed E-state index contributed by atoms with van der Waals surface area (Å²) in [6.07, 6.45) is 5.34. The quantitative estimate of drug-likeness (QED) is 0.551. The Hall–Kier alpha value is -0.790. The Labute approximate surface area is 56.2 Å². The van der Waals surface area contributed by atoms with Crippen molar-refractivity contribution in [1.29, 1.82) is 0 Å². The molecule has 0 radical (unpaired) electrons. The third-order valence-electron chi connectivity index (χ3n) is 0.471. The molecule has 0 heterocycles. The average molecular weight is 130 g/mol. The molecule has 0 aromatic heterocycles. The number of carboxylic acids is 1. The lowest BCUT2D eigenvalue weighted by Gasteiger charge is -1.65. The average Bonchev–Trinajstić information content (AvgIpc) is 1.66. The summed E-state index contributed by atoms with van der Waals surface area (Å²) in [6, 6.07) is 0. The van der Waals surface area contributed by atoms with Crippen molar-refractivity contribution in [1.82, 2.24) is 0 Å². The molecule has 0 unspecified atom stereocenters. The van der Waals surface area contributed by atoms with Gasteiger partial charge in [0.1, 0.15) is 0 Å². The molecule has 54 valence electrons. The van der Waals surface area contributed by atoms with Crippen molar-refractivity contribution in [3.05, 3.63) is 12.2 Å². The van der Waals surface area contributed by atoms with Gasteiger partial charge in [-0.25, -0.2) is 0 Å². The van der Waals surface area contributed by atoms with E-state index in [-0.39, 0.29) is 0 Å². The van der Waals surface area contributed by atoms with Crippen LogP contribution in [0.3, 0.4) is 0 Å². The molecule has 0 fully saturated rings. The molecule has 2 heteroatoms. The van der Waals surface area contributed by atoms with Crippen LogP contribution in [0.1, 0.15) is 27.2 Å². The maximum Gasteiger partial charge on any atom is 0.300 e. The number of carboxylic acid groups (broad SMARTS) is 1. The van der Waals surface area contributed by atoms with Crippen molar-refractivity contribution < 1.29 is 9.90 Å². The summed E-state index contributed by atoms with van der Waals surface area (Å²) < 4.78 is 0. The summed E-state index contributed by atoms with van der Waals surface area (Å²) >= 11 is 0. The molecule has 0 saturated carbocycles. The standard InChI is InChI=1S/C5H10.C2H4O2/c1-3-5-4-2;1-2(3)4/h3,5H,4H2,1-2H3;1H3,(H,3,4). The molecule has 0 spiro atoms. The van der Waals surface area contributed by atoms with Crippen LogP contribution >= 0.6 is 0 Å². The van der Waals surface area contributed by atoms with Crippen LogP contribution in [-0.4, -0.2) is 11.1 Å². The van der Waals surface area contributed by atoms with E-state index in [0.717, 1.165) is 13.3 Å². The van der Waals surface area contributed by atoms with E-state index < -0.39 is 5.97 Å². The van der Waals surface area contributed by atoms with Crippen LogP contribution in [0.15, 0.2) is 12.2 Å². The summed E-state index contributed by atoms with van der Waals surface area (Å²) in [5, 5.41) is 7.42. The third kappa shape index (κ3) is 134. The zero-order valence-electron chi connectivity index (χ0n) is 6.22. The first kappa shape index (κ1) is 11.1. The second-order valence-electron chi connectivity index (χ2n) is 1.50. The number of carbonyl (C=O) groups is 1. The first-order valence-electron chi connectivity index (χ1n) is 2.95. The smallest absolute Gasteiger partial charge is 0.300 e. The van der Waals surface area contributed by atoms with Crippen LogP contribution in [0.4, 0.5) is 0 Å². The number of allylic oxidation sites excluding steroid dienone is 2. The van der Waals surface area contributed by atoms with Gasteiger partial charge >= 0.3 is 0 Å². The second-order valence-corrected chi connectivity index (χ2v) is 1.50. The predicted molar refractivity (Wildman–Crippen MR) is 38.4 cm³/mol. The molecular formula is C7H14O2. The van der Waals surface area contributed by atoms with Gasteiger partial charge < -0.3 is 5.11 Å². The molecule has 1 N–H and O–H groups in total. The van der Waals surface area contributed by atoms with Crippen LogP contribution in [0.2, 0.25) is 0 Å². The Kier molecular flexibility index (Phi) is 12.6. The highest BCUT2D eigenvalue weighted by Gasteiger charge is 1.65. The third-order valence-corrected chi connectivity index (χ3v) is 0.471. The fourth-order valence-electron chi connectivity index (χ4n) is 0.236. The predicted octanol–water partition coefficient (Wildman–Crippen LogP) is 2.06. The highest BCUT2D eigenvalue weighted by atomic mass is 16.4. The molecule has 9 heavy (non-hydrogen) atoms. The zero-order chi connectivity index (χ0) is 7.70. The summed E-state index contributed by atoms with van der Waals surface area (Å²) in [5.74, 6) is -0.833. The maximum absolute atomic E-state index is 9.00. The van der Waals surface area contributed by atoms with E-state index in [1.54, 1.807) is 0 Å². The highest BCUT2D eigenvalue weighted by molar-refractivity contribution is 5.62. The van der Waals surface area contributed by atoms with Crippen molar-refractivity contribution in [2.24, 2.45) is 0 Å². The van der Waals surface area contributed by atoms with Crippen LogP contribution < -0.4 is 0 Å². The Morgan fingerprint density at radius 2 is 2.00 bits per heavy atom. The van der Waals surface area contributed by atoms with E-state index in [4.69, 9.17) is 9.90 Å². The van der Waals surface area contributed by atoms with E-state index in [0.29, 0.717) is 0 Å². The van der Waals surface area contributed by atoms with Gasteiger partial charge in [-0.2, -0.15) is 0 Å². The number of hydrogen-bond donors (Lipinski definition) is 1. The molecule has 0 aliphatic carbocycles. The minimum absolute atomic E-state index is 0.833. The van der Waals surface area contributed by atoms with Crippen molar-refractivity contribution in [2.45, 2.75) is 27.2 Å². The van der Waals surface area contributed by atoms with Crippen LogP contribution in [0.25, 0.3) is 0 Å². The first-order valence-corrected chi connectivity index (χ1v) is 2.95. The molecule has 0 amide bonds. The molecule has 0 bridgehead atoms. The van der Waals surface area contributed by atoms with Gasteiger partial charge in [0.25, 0.3) is 5.97 Å². The maximum atomic E-state index is 9.00. The van der Waals surface area contributed by atoms with E-state index in [2.05, 4.69) is 19.1 Å². The number of hydrogen-bond acceptors (Lipinski definition) is 1. The molecular weight excluding hydrogens is 116 g/mol. The van der Waals surface area contributed by atoms with Gasteiger partial charge in [0.2, 0.25) is 0 Å². The summed E-state index contributed by atoms with van der Waals surface area (Å²) in [5.41, 5.74) is 0. The molecule has 0 rings (SSSR count). The minimum atomic E-state index is -0.833. The lowest BCUT2D eigenvalue weighted by Crippen LogP contribution is -1.78. The fraction of sp³-hybridized carbons (Fsp3) is 0.571. The minimum Gasteiger partial charge on any atom is -0.481 e. The van der Waals surface area contributed by atoms with Crippen LogP contribution in [-0.2, 0) is 4.79 Å². The first-order chi connectivity index (χ1) is 4.15. The summed E-state index contributed by atoms with van der Waals surface area (Å²) in [4.78, 5) is 9.00. The fourth-order valence-corrected chi connectivity index (χ4v) is 0.236. The second kappa shape index (κ2) is 10.2. The monoisotopic (exact) mass is 130 g/mol. The van der Waals surface area contributed by atoms with E-state index in [1.165, 1.54) is 0 Å². The molecule has 0 aliphatic rings. The molecule has 0 aromatic carbocycles. The van der Waals surface area contributed by atoms with E-state index in [1.807, 2.05) is 6.92 Å². The zero-order valence-corrected chi connectivity index (χ0v) is 6.22. The largest absolute Gasteiger partial charge is 0.481 e. The molecule has 0 atom stereocenters. The molecule has 0 saturated heterocycles. The van der Waals surface area contributed by atoms with Crippen molar-refractivity contribution in [3.63, 3.8) is 0 Å². The van der Waals surface area contributed by atoms with Gasteiger partial charge in [-0.1, -0.05) is 19.1 Å². The Morgan fingerprint density at radius 3 is 2.00 bits per heavy atom.